The van der Waals surface area contributed by atoms with Gasteiger partial charge in [0.15, 0.2) is 5.16 Å². The van der Waals surface area contributed by atoms with Crippen molar-refractivity contribution < 1.29 is 9.59 Å². The number of nitrogens with two attached hydrogens (primary N) is 1. The van der Waals surface area contributed by atoms with Crippen LogP contribution >= 0.6 is 11.8 Å². The number of hydrogen-bond donors (Lipinski definition) is 1. The van der Waals surface area contributed by atoms with Crippen molar-refractivity contribution in [3.05, 3.63) is 41.7 Å². The number of thioether (sulfide) groups is 1. The highest BCUT2D eigenvalue weighted by Crippen LogP contribution is 2.40. The molecule has 2 aromatic rings. The maximum absolute atomic E-state index is 12.7. The largest absolute Gasteiger partial charge is 0.369 e. The Bertz CT molecular complexity index is 850. The molecule has 2 heterocycles. The summed E-state index contributed by atoms with van der Waals surface area (Å²) in [6.07, 6.45) is 3.89. The SMILES string of the molecule is NC(=O)C1CCCN(C(=O)CSc2nnc(C3CC3)n2Cc2ccccc2)C1. The minimum absolute atomic E-state index is 0.0261. The van der Waals surface area contributed by atoms with Crippen LogP contribution in [0.2, 0.25) is 0 Å². The van der Waals surface area contributed by atoms with E-state index in [0.717, 1.165) is 36.7 Å². The maximum Gasteiger partial charge on any atom is 0.233 e. The zero-order valence-electron chi connectivity index (χ0n) is 15.8. The summed E-state index contributed by atoms with van der Waals surface area (Å²) < 4.78 is 2.15. The van der Waals surface area contributed by atoms with Gasteiger partial charge in [0.25, 0.3) is 0 Å². The molecule has 1 atom stereocenters. The van der Waals surface area contributed by atoms with E-state index in [1.807, 2.05) is 18.2 Å². The molecule has 1 saturated heterocycles. The van der Waals surface area contributed by atoms with E-state index < -0.39 is 0 Å². The molecule has 0 bridgehead atoms. The Morgan fingerprint density at radius 2 is 1.93 bits per heavy atom. The van der Waals surface area contributed by atoms with Crippen molar-refractivity contribution in [2.45, 2.75) is 43.3 Å². The average Bonchev–Trinajstić information content (AvgIpc) is 3.49. The van der Waals surface area contributed by atoms with Crippen molar-refractivity contribution in [3.8, 4) is 0 Å². The zero-order chi connectivity index (χ0) is 19.5. The van der Waals surface area contributed by atoms with Gasteiger partial charge in [-0.2, -0.15) is 0 Å². The molecular formula is C20H25N5O2S. The molecule has 1 saturated carbocycles. The lowest BCUT2D eigenvalue weighted by Crippen LogP contribution is -2.44. The molecule has 2 amide bonds. The van der Waals surface area contributed by atoms with Gasteiger partial charge in [0, 0.05) is 19.0 Å². The number of benzene rings is 1. The second-order valence-corrected chi connectivity index (χ2v) is 8.50. The summed E-state index contributed by atoms with van der Waals surface area (Å²) in [5, 5.41) is 9.55. The summed E-state index contributed by atoms with van der Waals surface area (Å²) in [6.45, 7) is 1.83. The van der Waals surface area contributed by atoms with Gasteiger partial charge in [0.2, 0.25) is 11.8 Å². The Hall–Kier alpha value is -2.35. The molecule has 28 heavy (non-hydrogen) atoms. The third kappa shape index (κ3) is 4.38. The highest BCUT2D eigenvalue weighted by Gasteiger charge is 2.31. The monoisotopic (exact) mass is 399 g/mol. The standard InChI is InChI=1S/C20H25N5O2S/c21-18(27)16-7-4-10-24(12-16)17(26)13-28-20-23-22-19(15-8-9-15)25(20)11-14-5-2-1-3-6-14/h1-3,5-6,15-16H,4,7-13H2,(H2,21,27). The lowest BCUT2D eigenvalue weighted by Gasteiger charge is -2.31. The molecular weight excluding hydrogens is 374 g/mol. The van der Waals surface area contributed by atoms with E-state index in [0.29, 0.717) is 31.3 Å². The van der Waals surface area contributed by atoms with Gasteiger partial charge < -0.3 is 15.2 Å². The van der Waals surface area contributed by atoms with Crippen LogP contribution in [0.3, 0.4) is 0 Å². The quantitative estimate of drug-likeness (QED) is 0.719. The number of aromatic nitrogens is 3. The first kappa shape index (κ1) is 19.0. The van der Waals surface area contributed by atoms with Gasteiger partial charge >= 0.3 is 0 Å². The fourth-order valence-electron chi connectivity index (χ4n) is 3.62. The fraction of sp³-hybridized carbons (Fsp3) is 0.500. The zero-order valence-corrected chi connectivity index (χ0v) is 16.6. The van der Waals surface area contributed by atoms with E-state index in [9.17, 15) is 9.59 Å². The normalized spacial score (nSPS) is 19.6. The number of primary amides is 1. The maximum atomic E-state index is 12.7. The molecule has 0 radical (unpaired) electrons. The lowest BCUT2D eigenvalue weighted by molar-refractivity contribution is -0.132. The molecule has 1 aromatic heterocycles. The van der Waals surface area contributed by atoms with E-state index in [1.54, 1.807) is 4.90 Å². The number of rotatable bonds is 7. The van der Waals surface area contributed by atoms with Crippen molar-refractivity contribution in [1.29, 1.82) is 0 Å². The van der Waals surface area contributed by atoms with Crippen LogP contribution in [0, 0.1) is 5.92 Å². The molecule has 1 aliphatic heterocycles. The molecule has 4 rings (SSSR count). The van der Waals surface area contributed by atoms with Crippen LogP contribution < -0.4 is 5.73 Å². The number of amides is 2. The molecule has 1 unspecified atom stereocenters. The van der Waals surface area contributed by atoms with Crippen LogP contribution in [0.1, 0.15) is 43.0 Å². The van der Waals surface area contributed by atoms with Crippen LogP contribution in [0.4, 0.5) is 0 Å². The Morgan fingerprint density at radius 1 is 1.14 bits per heavy atom. The predicted molar refractivity (Wildman–Crippen MR) is 107 cm³/mol. The second-order valence-electron chi connectivity index (χ2n) is 7.56. The molecule has 2 fully saturated rings. The predicted octanol–water partition coefficient (Wildman–Crippen LogP) is 2.02. The van der Waals surface area contributed by atoms with Crippen molar-refractivity contribution in [1.82, 2.24) is 19.7 Å². The minimum atomic E-state index is -0.318. The van der Waals surface area contributed by atoms with Crippen molar-refractivity contribution in [2.75, 3.05) is 18.8 Å². The Kier molecular flexibility index (Phi) is 5.66. The van der Waals surface area contributed by atoms with Crippen molar-refractivity contribution in [2.24, 2.45) is 11.7 Å². The minimum Gasteiger partial charge on any atom is -0.369 e. The second kappa shape index (κ2) is 8.34. The van der Waals surface area contributed by atoms with E-state index >= 15 is 0 Å². The average molecular weight is 400 g/mol. The molecule has 0 spiro atoms. The lowest BCUT2D eigenvalue weighted by atomic mass is 9.97. The molecule has 1 aromatic carbocycles. The van der Waals surface area contributed by atoms with E-state index in [4.69, 9.17) is 5.73 Å². The number of likely N-dealkylation sites (tertiary alicyclic amines) is 1. The molecule has 7 nitrogen and oxygen atoms in total. The summed E-state index contributed by atoms with van der Waals surface area (Å²) in [5.41, 5.74) is 6.61. The Labute approximate surface area is 168 Å². The van der Waals surface area contributed by atoms with Crippen LogP contribution in [-0.2, 0) is 16.1 Å². The third-order valence-corrected chi connectivity index (χ3v) is 6.32. The fourth-order valence-corrected chi connectivity index (χ4v) is 4.47. The summed E-state index contributed by atoms with van der Waals surface area (Å²) in [7, 11) is 0. The van der Waals surface area contributed by atoms with Gasteiger partial charge in [-0.1, -0.05) is 42.1 Å². The molecule has 8 heteroatoms. The smallest absolute Gasteiger partial charge is 0.233 e. The van der Waals surface area contributed by atoms with E-state index in [-0.39, 0.29) is 17.7 Å². The number of carbonyl (C=O) groups is 2. The van der Waals surface area contributed by atoms with Crippen LogP contribution in [0.5, 0.6) is 0 Å². The summed E-state index contributed by atoms with van der Waals surface area (Å²) in [4.78, 5) is 25.9. The number of carbonyl (C=O) groups excluding carboxylic acids is 2. The molecule has 2 N–H and O–H groups in total. The van der Waals surface area contributed by atoms with Gasteiger partial charge in [0.1, 0.15) is 5.82 Å². The molecule has 2 aliphatic rings. The number of hydrogen-bond acceptors (Lipinski definition) is 5. The van der Waals surface area contributed by atoms with Gasteiger partial charge in [-0.05, 0) is 31.2 Å². The Morgan fingerprint density at radius 3 is 2.64 bits per heavy atom. The van der Waals surface area contributed by atoms with Crippen LogP contribution in [0.25, 0.3) is 0 Å². The van der Waals surface area contributed by atoms with E-state index in [1.165, 1.54) is 17.3 Å². The molecule has 148 valence electrons. The third-order valence-electron chi connectivity index (χ3n) is 5.37. The van der Waals surface area contributed by atoms with Gasteiger partial charge in [0.05, 0.1) is 18.2 Å². The first-order valence-electron chi connectivity index (χ1n) is 9.78. The van der Waals surface area contributed by atoms with Gasteiger partial charge in [-0.25, -0.2) is 0 Å². The summed E-state index contributed by atoms with van der Waals surface area (Å²) in [6, 6.07) is 10.2. The molecule has 1 aliphatic carbocycles. The van der Waals surface area contributed by atoms with Gasteiger partial charge in [-0.3, -0.25) is 9.59 Å². The van der Waals surface area contributed by atoms with E-state index in [2.05, 4.69) is 26.9 Å². The first-order valence-corrected chi connectivity index (χ1v) is 10.8. The van der Waals surface area contributed by atoms with Gasteiger partial charge in [-0.15, -0.1) is 10.2 Å². The van der Waals surface area contributed by atoms with Crippen molar-refractivity contribution >= 4 is 23.6 Å². The highest BCUT2D eigenvalue weighted by molar-refractivity contribution is 7.99. The summed E-state index contributed by atoms with van der Waals surface area (Å²) >= 11 is 1.43. The van der Waals surface area contributed by atoms with Crippen LogP contribution in [0.15, 0.2) is 35.5 Å². The number of nitrogens with zero attached hydrogens (tertiary/aromatic N) is 4. The van der Waals surface area contributed by atoms with Crippen molar-refractivity contribution in [3.63, 3.8) is 0 Å². The van der Waals surface area contributed by atoms with Crippen LogP contribution in [-0.4, -0.2) is 50.3 Å². The summed E-state index contributed by atoms with van der Waals surface area (Å²) in [5.74, 6) is 1.28. The first-order chi connectivity index (χ1) is 13.6. The highest BCUT2D eigenvalue weighted by atomic mass is 32.2. The Balaban J connectivity index is 1.43. The number of piperidine rings is 1. The topological polar surface area (TPSA) is 94.1 Å².